The Hall–Kier alpha value is -2.03. The molecule has 2 rings (SSSR count). The van der Waals surface area contributed by atoms with Crippen LogP contribution in [0.1, 0.15) is 34.1 Å². The Morgan fingerprint density at radius 3 is 2.68 bits per heavy atom. The van der Waals surface area contributed by atoms with Gasteiger partial charge in [-0.25, -0.2) is 4.39 Å². The molecule has 0 N–H and O–H groups in total. The SMILES string of the molecule is CCc1ccc(CC(=O)c2cc(C)ccc2F)nc1. The molecule has 0 aliphatic heterocycles. The van der Waals surface area contributed by atoms with E-state index in [-0.39, 0.29) is 17.8 Å². The average Bonchev–Trinajstić information content (AvgIpc) is 2.42. The summed E-state index contributed by atoms with van der Waals surface area (Å²) in [5, 5.41) is 0. The lowest BCUT2D eigenvalue weighted by atomic mass is 10.0. The van der Waals surface area contributed by atoms with Crippen LogP contribution in [0.5, 0.6) is 0 Å². The molecule has 0 radical (unpaired) electrons. The number of pyridine rings is 1. The lowest BCUT2D eigenvalue weighted by Gasteiger charge is -2.04. The lowest BCUT2D eigenvalue weighted by Crippen LogP contribution is -2.08. The van der Waals surface area contributed by atoms with E-state index < -0.39 is 5.82 Å². The maximum atomic E-state index is 13.6. The zero-order valence-corrected chi connectivity index (χ0v) is 11.1. The van der Waals surface area contributed by atoms with Gasteiger partial charge in [-0.15, -0.1) is 0 Å². The fourth-order valence-corrected chi connectivity index (χ4v) is 1.88. The van der Waals surface area contributed by atoms with Crippen molar-refractivity contribution in [2.75, 3.05) is 0 Å². The van der Waals surface area contributed by atoms with Crippen LogP contribution in [-0.2, 0) is 12.8 Å². The molecule has 1 aromatic carbocycles. The maximum absolute atomic E-state index is 13.6. The molecule has 1 aromatic heterocycles. The number of carbonyl (C=O) groups excluding carboxylic acids is 1. The van der Waals surface area contributed by atoms with E-state index in [1.54, 1.807) is 18.3 Å². The normalized spacial score (nSPS) is 10.5. The predicted octanol–water partition coefficient (Wildman–Crippen LogP) is 3.52. The summed E-state index contributed by atoms with van der Waals surface area (Å²) in [6, 6.07) is 8.33. The lowest BCUT2D eigenvalue weighted by molar-refractivity contribution is 0.0988. The van der Waals surface area contributed by atoms with Gasteiger partial charge in [0.1, 0.15) is 5.82 Å². The van der Waals surface area contributed by atoms with Gasteiger partial charge in [-0.1, -0.05) is 24.6 Å². The number of aromatic nitrogens is 1. The van der Waals surface area contributed by atoms with Crippen LogP contribution in [0.2, 0.25) is 0 Å². The second kappa shape index (κ2) is 5.74. The summed E-state index contributed by atoms with van der Waals surface area (Å²) >= 11 is 0. The minimum atomic E-state index is -0.472. The molecule has 0 saturated heterocycles. The molecular formula is C16H16FNO. The monoisotopic (exact) mass is 257 g/mol. The third-order valence-electron chi connectivity index (χ3n) is 3.06. The van der Waals surface area contributed by atoms with E-state index in [1.807, 2.05) is 26.0 Å². The van der Waals surface area contributed by atoms with Crippen LogP contribution in [0.25, 0.3) is 0 Å². The van der Waals surface area contributed by atoms with Crippen molar-refractivity contribution in [2.45, 2.75) is 26.7 Å². The molecule has 2 aromatic rings. The van der Waals surface area contributed by atoms with E-state index in [9.17, 15) is 9.18 Å². The fraction of sp³-hybridized carbons (Fsp3) is 0.250. The van der Waals surface area contributed by atoms with E-state index in [4.69, 9.17) is 0 Å². The summed E-state index contributed by atoms with van der Waals surface area (Å²) in [6.07, 6.45) is 2.80. The van der Waals surface area contributed by atoms with Crippen molar-refractivity contribution in [3.63, 3.8) is 0 Å². The van der Waals surface area contributed by atoms with Crippen LogP contribution in [-0.4, -0.2) is 10.8 Å². The first-order valence-corrected chi connectivity index (χ1v) is 6.33. The van der Waals surface area contributed by atoms with E-state index in [0.717, 1.165) is 17.5 Å². The van der Waals surface area contributed by atoms with Gasteiger partial charge in [0.2, 0.25) is 0 Å². The number of nitrogens with zero attached hydrogens (tertiary/aromatic N) is 1. The third kappa shape index (κ3) is 3.25. The number of aryl methyl sites for hydroxylation is 2. The van der Waals surface area contributed by atoms with Gasteiger partial charge in [-0.2, -0.15) is 0 Å². The van der Waals surface area contributed by atoms with Crippen molar-refractivity contribution in [3.8, 4) is 0 Å². The van der Waals surface area contributed by atoms with E-state index >= 15 is 0 Å². The van der Waals surface area contributed by atoms with Crippen molar-refractivity contribution >= 4 is 5.78 Å². The number of ketones is 1. The molecular weight excluding hydrogens is 241 g/mol. The number of halogens is 1. The molecule has 98 valence electrons. The average molecular weight is 257 g/mol. The highest BCUT2D eigenvalue weighted by Crippen LogP contribution is 2.13. The first-order valence-electron chi connectivity index (χ1n) is 6.33. The minimum absolute atomic E-state index is 0.129. The Balaban J connectivity index is 2.18. The summed E-state index contributed by atoms with van der Waals surface area (Å²) in [5.41, 5.74) is 2.81. The van der Waals surface area contributed by atoms with Crippen LogP contribution in [0, 0.1) is 12.7 Å². The summed E-state index contributed by atoms with van der Waals surface area (Å²) < 4.78 is 13.6. The topological polar surface area (TPSA) is 30.0 Å². The molecule has 1 heterocycles. The molecule has 0 unspecified atom stereocenters. The zero-order valence-electron chi connectivity index (χ0n) is 11.1. The van der Waals surface area contributed by atoms with Crippen molar-refractivity contribution < 1.29 is 9.18 Å². The van der Waals surface area contributed by atoms with Crippen LogP contribution in [0.4, 0.5) is 4.39 Å². The highest BCUT2D eigenvalue weighted by atomic mass is 19.1. The van der Waals surface area contributed by atoms with Crippen LogP contribution >= 0.6 is 0 Å². The van der Waals surface area contributed by atoms with Gasteiger partial charge in [0.15, 0.2) is 5.78 Å². The van der Waals surface area contributed by atoms with E-state index in [1.165, 1.54) is 6.07 Å². The molecule has 0 spiro atoms. The van der Waals surface area contributed by atoms with Gasteiger partial charge in [0.25, 0.3) is 0 Å². The first kappa shape index (κ1) is 13.4. The minimum Gasteiger partial charge on any atom is -0.294 e. The second-order valence-corrected chi connectivity index (χ2v) is 4.59. The Morgan fingerprint density at radius 2 is 2.05 bits per heavy atom. The molecule has 0 saturated carbocycles. The van der Waals surface area contributed by atoms with Crippen molar-refractivity contribution in [1.82, 2.24) is 4.98 Å². The molecule has 0 fully saturated rings. The van der Waals surface area contributed by atoms with Gasteiger partial charge in [0, 0.05) is 11.9 Å². The van der Waals surface area contributed by atoms with Gasteiger partial charge in [-0.3, -0.25) is 9.78 Å². The Kier molecular flexibility index (Phi) is 4.05. The van der Waals surface area contributed by atoms with Gasteiger partial charge in [-0.05, 0) is 37.1 Å². The zero-order chi connectivity index (χ0) is 13.8. The molecule has 19 heavy (non-hydrogen) atoms. The number of hydrogen-bond acceptors (Lipinski definition) is 2. The van der Waals surface area contributed by atoms with Crippen molar-refractivity contribution in [1.29, 1.82) is 0 Å². The van der Waals surface area contributed by atoms with Gasteiger partial charge in [0.05, 0.1) is 12.0 Å². The molecule has 0 amide bonds. The summed E-state index contributed by atoms with van der Waals surface area (Å²) in [7, 11) is 0. The van der Waals surface area contributed by atoms with Gasteiger partial charge < -0.3 is 0 Å². The summed E-state index contributed by atoms with van der Waals surface area (Å²) in [5.74, 6) is -0.710. The fourth-order valence-electron chi connectivity index (χ4n) is 1.88. The number of hydrogen-bond donors (Lipinski definition) is 0. The number of Topliss-reactive ketones (excluding diaryl/α,β-unsaturated/α-hetero) is 1. The highest BCUT2D eigenvalue weighted by molar-refractivity contribution is 5.97. The third-order valence-corrected chi connectivity index (χ3v) is 3.06. The van der Waals surface area contributed by atoms with E-state index in [2.05, 4.69) is 4.98 Å². The first-order chi connectivity index (χ1) is 9.10. The van der Waals surface area contributed by atoms with E-state index in [0.29, 0.717) is 5.69 Å². The second-order valence-electron chi connectivity index (χ2n) is 4.59. The molecule has 0 atom stereocenters. The number of benzene rings is 1. The molecule has 3 heteroatoms. The predicted molar refractivity (Wildman–Crippen MR) is 72.8 cm³/mol. The largest absolute Gasteiger partial charge is 0.294 e. The molecule has 2 nitrogen and oxygen atoms in total. The Morgan fingerprint density at radius 1 is 1.26 bits per heavy atom. The highest BCUT2D eigenvalue weighted by Gasteiger charge is 2.13. The van der Waals surface area contributed by atoms with Crippen LogP contribution in [0.15, 0.2) is 36.5 Å². The summed E-state index contributed by atoms with van der Waals surface area (Å²) in [6.45, 7) is 3.88. The van der Waals surface area contributed by atoms with Crippen LogP contribution in [0.3, 0.4) is 0 Å². The standard InChI is InChI=1S/C16H16FNO/c1-3-12-5-6-13(18-10-12)9-16(19)14-8-11(2)4-7-15(14)17/h4-8,10H,3,9H2,1-2H3. The number of rotatable bonds is 4. The molecule has 0 bridgehead atoms. The Bertz CT molecular complexity index is 590. The Labute approximate surface area is 112 Å². The molecule has 0 aliphatic carbocycles. The molecule has 0 aliphatic rings. The quantitative estimate of drug-likeness (QED) is 0.784. The summed E-state index contributed by atoms with van der Waals surface area (Å²) in [4.78, 5) is 16.3. The van der Waals surface area contributed by atoms with Gasteiger partial charge >= 0.3 is 0 Å². The van der Waals surface area contributed by atoms with Crippen LogP contribution < -0.4 is 0 Å². The number of carbonyl (C=O) groups is 1. The van der Waals surface area contributed by atoms with Crippen molar-refractivity contribution in [3.05, 3.63) is 64.7 Å². The smallest absolute Gasteiger partial charge is 0.171 e. The van der Waals surface area contributed by atoms with Crippen molar-refractivity contribution in [2.24, 2.45) is 0 Å². The maximum Gasteiger partial charge on any atom is 0.171 e.